The number of hydrogen-bond acceptors (Lipinski definition) is 5. The van der Waals surface area contributed by atoms with Crippen molar-refractivity contribution in [2.75, 3.05) is 6.54 Å². The highest BCUT2D eigenvalue weighted by Crippen LogP contribution is 2.18. The third-order valence-corrected chi connectivity index (χ3v) is 4.94. The second-order valence-electron chi connectivity index (χ2n) is 4.86. The number of aliphatic hydroxyl groups is 1. The second kappa shape index (κ2) is 7.39. The normalized spacial score (nSPS) is 14.4. The fourth-order valence-electron chi connectivity index (χ4n) is 1.78. The molecule has 0 aromatic heterocycles. The molecule has 0 heterocycles. The van der Waals surface area contributed by atoms with Crippen molar-refractivity contribution < 1.29 is 13.5 Å². The predicted octanol–water partition coefficient (Wildman–Crippen LogP) is -0.532. The number of aryl methyl sites for hydroxylation is 1. The lowest BCUT2D eigenvalue weighted by Gasteiger charge is -2.19. The molecule has 118 valence electrons. The Morgan fingerprint density at radius 3 is 2.38 bits per heavy atom. The fraction of sp³-hybridized carbons (Fsp3) is 0.462. The zero-order valence-corrected chi connectivity index (χ0v) is 12.8. The van der Waals surface area contributed by atoms with Crippen LogP contribution >= 0.6 is 0 Å². The number of aliphatic imine (C=N–C) groups is 1. The molecule has 0 radical (unpaired) electrons. The number of nitrogens with two attached hydrogens (primary N) is 3. The Bertz CT molecular complexity index is 580. The Balaban J connectivity index is 2.69. The zero-order chi connectivity index (χ0) is 16.0. The largest absolute Gasteiger partial charge is 0.375 e. The van der Waals surface area contributed by atoms with Gasteiger partial charge in [-0.2, -0.15) is 0 Å². The maximum absolute atomic E-state index is 12.2. The van der Waals surface area contributed by atoms with E-state index in [0.717, 1.165) is 5.56 Å². The summed E-state index contributed by atoms with van der Waals surface area (Å²) in [5.74, 6) is -0.0311. The molecule has 1 aromatic carbocycles. The van der Waals surface area contributed by atoms with E-state index in [-0.39, 0.29) is 10.9 Å². The summed E-state index contributed by atoms with van der Waals surface area (Å²) in [7, 11) is -3.86. The molecule has 21 heavy (non-hydrogen) atoms. The maximum atomic E-state index is 12.2. The van der Waals surface area contributed by atoms with E-state index in [0.29, 0.717) is 19.4 Å². The van der Waals surface area contributed by atoms with E-state index in [1.165, 1.54) is 12.1 Å². The Labute approximate surface area is 124 Å². The van der Waals surface area contributed by atoms with Crippen LogP contribution in [0.1, 0.15) is 18.4 Å². The monoisotopic (exact) mass is 314 g/mol. The first kappa shape index (κ1) is 17.4. The third-order valence-electron chi connectivity index (χ3n) is 3.02. The van der Waals surface area contributed by atoms with Crippen LogP contribution in [0.2, 0.25) is 0 Å². The van der Waals surface area contributed by atoms with E-state index < -0.39 is 21.3 Å². The topological polar surface area (TPSA) is 145 Å². The molecule has 0 aliphatic rings. The van der Waals surface area contributed by atoms with E-state index in [4.69, 9.17) is 17.2 Å². The third kappa shape index (κ3) is 5.00. The van der Waals surface area contributed by atoms with Crippen LogP contribution < -0.4 is 17.2 Å². The second-order valence-corrected chi connectivity index (χ2v) is 6.91. The van der Waals surface area contributed by atoms with Crippen molar-refractivity contribution in [3.05, 3.63) is 29.8 Å². The molecule has 2 atom stereocenters. The van der Waals surface area contributed by atoms with Gasteiger partial charge in [0, 0.05) is 12.6 Å². The Kier molecular flexibility index (Phi) is 6.13. The minimum atomic E-state index is -3.86. The molecular formula is C13H22N4O3S. The summed E-state index contributed by atoms with van der Waals surface area (Å²) in [6.07, 6.45) is 0.780. The Morgan fingerprint density at radius 2 is 1.86 bits per heavy atom. The lowest BCUT2D eigenvalue weighted by atomic mass is 10.2. The van der Waals surface area contributed by atoms with Crippen LogP contribution in [0.5, 0.6) is 0 Å². The number of rotatable bonds is 7. The molecule has 0 spiro atoms. The molecule has 0 saturated carbocycles. The van der Waals surface area contributed by atoms with Crippen LogP contribution in [-0.2, 0) is 9.84 Å². The van der Waals surface area contributed by atoms with E-state index in [2.05, 4.69) is 4.99 Å². The molecule has 1 unspecified atom stereocenters. The van der Waals surface area contributed by atoms with Crippen molar-refractivity contribution >= 4 is 15.8 Å². The first-order chi connectivity index (χ1) is 9.75. The summed E-state index contributed by atoms with van der Waals surface area (Å²) in [6.45, 7) is 2.19. The van der Waals surface area contributed by atoms with Crippen molar-refractivity contribution in [2.45, 2.75) is 36.1 Å². The molecule has 0 fully saturated rings. The first-order valence-electron chi connectivity index (χ1n) is 6.54. The molecule has 7 nitrogen and oxygen atoms in total. The number of benzene rings is 1. The smallest absolute Gasteiger partial charge is 0.206 e. The summed E-state index contributed by atoms with van der Waals surface area (Å²) in [5.41, 5.74) is 15.4. The van der Waals surface area contributed by atoms with Gasteiger partial charge in [0.15, 0.2) is 11.4 Å². The Hall–Kier alpha value is -1.64. The van der Waals surface area contributed by atoms with Crippen LogP contribution in [0.15, 0.2) is 34.2 Å². The van der Waals surface area contributed by atoms with Gasteiger partial charge in [-0.05, 0) is 31.9 Å². The summed E-state index contributed by atoms with van der Waals surface area (Å²) in [4.78, 5) is 3.83. The molecule has 0 bridgehead atoms. The van der Waals surface area contributed by atoms with Crippen LogP contribution in [0.4, 0.5) is 0 Å². The lowest BCUT2D eigenvalue weighted by molar-refractivity contribution is 0.211. The van der Waals surface area contributed by atoms with E-state index in [9.17, 15) is 13.5 Å². The SMILES string of the molecule is Cc1ccc(S(=O)(=O)C(O)[C@@H](N)CCCN=C(N)N)cc1. The fourth-order valence-corrected chi connectivity index (χ4v) is 3.17. The highest BCUT2D eigenvalue weighted by molar-refractivity contribution is 7.92. The standard InChI is InChI=1S/C13H22N4O3S/c1-9-4-6-10(7-5-9)21(19,20)12(18)11(14)3-2-8-17-13(15)16/h4-7,11-12,18H,2-3,8,14H2,1H3,(H4,15,16,17)/t11-,12?/m0/s1. The van der Waals surface area contributed by atoms with Gasteiger partial charge in [-0.3, -0.25) is 4.99 Å². The number of aliphatic hydroxyl groups excluding tert-OH is 1. The molecule has 1 aromatic rings. The van der Waals surface area contributed by atoms with Gasteiger partial charge in [-0.15, -0.1) is 0 Å². The molecule has 7 N–H and O–H groups in total. The van der Waals surface area contributed by atoms with Crippen molar-refractivity contribution in [3.63, 3.8) is 0 Å². The highest BCUT2D eigenvalue weighted by atomic mass is 32.2. The van der Waals surface area contributed by atoms with Crippen LogP contribution in [0, 0.1) is 6.92 Å². The van der Waals surface area contributed by atoms with Gasteiger partial charge in [-0.1, -0.05) is 17.7 Å². The minimum Gasteiger partial charge on any atom is -0.375 e. The predicted molar refractivity (Wildman–Crippen MR) is 82.3 cm³/mol. The van der Waals surface area contributed by atoms with Gasteiger partial charge in [0.1, 0.15) is 0 Å². The van der Waals surface area contributed by atoms with Gasteiger partial charge in [0.05, 0.1) is 4.90 Å². The number of guanidine groups is 1. The molecule has 0 saturated heterocycles. The van der Waals surface area contributed by atoms with Crippen LogP contribution in [0.3, 0.4) is 0 Å². The molecule has 1 rings (SSSR count). The van der Waals surface area contributed by atoms with Crippen molar-refractivity contribution in [2.24, 2.45) is 22.2 Å². The summed E-state index contributed by atoms with van der Waals surface area (Å²) in [5, 5.41) is 9.98. The van der Waals surface area contributed by atoms with Crippen molar-refractivity contribution in [3.8, 4) is 0 Å². The summed E-state index contributed by atoms with van der Waals surface area (Å²) < 4.78 is 24.5. The maximum Gasteiger partial charge on any atom is 0.206 e. The summed E-state index contributed by atoms with van der Waals surface area (Å²) >= 11 is 0. The highest BCUT2D eigenvalue weighted by Gasteiger charge is 2.30. The lowest BCUT2D eigenvalue weighted by Crippen LogP contribution is -2.40. The first-order valence-corrected chi connectivity index (χ1v) is 8.09. The zero-order valence-electron chi connectivity index (χ0n) is 11.9. The van der Waals surface area contributed by atoms with Crippen molar-refractivity contribution in [1.82, 2.24) is 0 Å². The average molecular weight is 314 g/mol. The van der Waals surface area contributed by atoms with Crippen LogP contribution in [-0.4, -0.2) is 37.5 Å². The van der Waals surface area contributed by atoms with Gasteiger partial charge in [0.2, 0.25) is 9.84 Å². The molecule has 8 heteroatoms. The Morgan fingerprint density at radius 1 is 1.29 bits per heavy atom. The minimum absolute atomic E-state index is 0.0311. The number of sulfone groups is 1. The van der Waals surface area contributed by atoms with Gasteiger partial charge >= 0.3 is 0 Å². The van der Waals surface area contributed by atoms with Crippen molar-refractivity contribution in [1.29, 1.82) is 0 Å². The van der Waals surface area contributed by atoms with E-state index in [1.807, 2.05) is 6.92 Å². The molecular weight excluding hydrogens is 292 g/mol. The van der Waals surface area contributed by atoms with Crippen LogP contribution in [0.25, 0.3) is 0 Å². The number of hydrogen-bond donors (Lipinski definition) is 4. The molecule has 0 aliphatic carbocycles. The molecule has 0 aliphatic heterocycles. The average Bonchev–Trinajstić information content (AvgIpc) is 2.42. The van der Waals surface area contributed by atoms with Gasteiger partial charge in [0.25, 0.3) is 0 Å². The van der Waals surface area contributed by atoms with Gasteiger partial charge < -0.3 is 22.3 Å². The summed E-state index contributed by atoms with van der Waals surface area (Å²) in [6, 6.07) is 5.36. The van der Waals surface area contributed by atoms with E-state index >= 15 is 0 Å². The quantitative estimate of drug-likeness (QED) is 0.302. The molecule has 0 amide bonds. The number of nitrogens with zero attached hydrogens (tertiary/aromatic N) is 1. The van der Waals surface area contributed by atoms with Gasteiger partial charge in [-0.25, -0.2) is 8.42 Å². The van der Waals surface area contributed by atoms with E-state index in [1.54, 1.807) is 12.1 Å².